The van der Waals surface area contributed by atoms with E-state index in [1.807, 2.05) is 24.3 Å². The molecule has 0 unspecified atom stereocenters. The summed E-state index contributed by atoms with van der Waals surface area (Å²) in [6.07, 6.45) is 0.516. The monoisotopic (exact) mass is 308 g/mol. The molecule has 0 spiro atoms. The summed E-state index contributed by atoms with van der Waals surface area (Å²) in [4.78, 5) is 14.0. The molecule has 0 bridgehead atoms. The molecule has 1 aromatic carbocycles. The highest BCUT2D eigenvalue weighted by molar-refractivity contribution is 5.76. The number of carbonyl (C=O) groups is 1. The third-order valence-corrected chi connectivity index (χ3v) is 3.51. The lowest BCUT2D eigenvalue weighted by atomic mass is 10.3. The Balaban J connectivity index is 1.54. The van der Waals surface area contributed by atoms with Crippen molar-refractivity contribution >= 4 is 5.91 Å². The van der Waals surface area contributed by atoms with Crippen molar-refractivity contribution < 1.29 is 19.0 Å². The van der Waals surface area contributed by atoms with Crippen molar-refractivity contribution in [2.24, 2.45) is 0 Å². The average Bonchev–Trinajstić information content (AvgIpc) is 2.58. The van der Waals surface area contributed by atoms with Gasteiger partial charge >= 0.3 is 0 Å². The Kier molecular flexibility index (Phi) is 6.99. The van der Waals surface area contributed by atoms with Crippen LogP contribution in [0.25, 0.3) is 0 Å². The number of methoxy groups -OCH3 is 1. The molecule has 0 radical (unpaired) electrons. The normalized spacial score (nSPS) is 15.3. The third kappa shape index (κ3) is 5.91. The van der Waals surface area contributed by atoms with Crippen LogP contribution in [-0.2, 0) is 9.53 Å². The Bertz CT molecular complexity index is 444. The molecule has 0 aliphatic carbocycles. The molecule has 0 aromatic heterocycles. The van der Waals surface area contributed by atoms with Gasteiger partial charge in [0, 0.05) is 26.1 Å². The summed E-state index contributed by atoms with van der Waals surface area (Å²) >= 11 is 0. The summed E-state index contributed by atoms with van der Waals surface area (Å²) in [5.41, 5.74) is 0. The lowest BCUT2D eigenvalue weighted by molar-refractivity contribution is -0.121. The van der Waals surface area contributed by atoms with Gasteiger partial charge in [0.2, 0.25) is 5.91 Å². The molecule has 2 rings (SSSR count). The van der Waals surface area contributed by atoms with Crippen molar-refractivity contribution in [3.8, 4) is 11.5 Å². The van der Waals surface area contributed by atoms with E-state index in [0.717, 1.165) is 44.3 Å². The van der Waals surface area contributed by atoms with Crippen LogP contribution in [0.4, 0.5) is 0 Å². The van der Waals surface area contributed by atoms with Gasteiger partial charge in [-0.2, -0.15) is 0 Å². The first-order chi connectivity index (χ1) is 10.8. The number of hydrogen-bond acceptors (Lipinski definition) is 5. The lowest BCUT2D eigenvalue weighted by Crippen LogP contribution is -2.39. The van der Waals surface area contributed by atoms with Crippen LogP contribution in [0.3, 0.4) is 0 Å². The first-order valence-corrected chi connectivity index (χ1v) is 7.61. The standard InChI is InChI=1S/C16H24N2O4/c1-20-14-2-4-15(5-3-14)22-11-7-17-16(19)6-8-18-9-12-21-13-10-18/h2-5H,6-13H2,1H3,(H,17,19). The molecule has 1 fully saturated rings. The smallest absolute Gasteiger partial charge is 0.221 e. The Hall–Kier alpha value is -1.79. The van der Waals surface area contributed by atoms with E-state index in [1.54, 1.807) is 7.11 Å². The van der Waals surface area contributed by atoms with Gasteiger partial charge in [-0.3, -0.25) is 9.69 Å². The molecule has 122 valence electrons. The van der Waals surface area contributed by atoms with Gasteiger partial charge < -0.3 is 19.5 Å². The summed E-state index contributed by atoms with van der Waals surface area (Å²) in [6.45, 7) is 5.09. The van der Waals surface area contributed by atoms with Crippen molar-refractivity contribution in [2.75, 3.05) is 53.1 Å². The molecule has 0 saturated carbocycles. The number of benzene rings is 1. The summed E-state index contributed by atoms with van der Waals surface area (Å²) in [7, 11) is 1.63. The largest absolute Gasteiger partial charge is 0.497 e. The maximum atomic E-state index is 11.7. The molecule has 1 heterocycles. The number of ether oxygens (including phenoxy) is 3. The molecule has 1 saturated heterocycles. The fourth-order valence-corrected chi connectivity index (χ4v) is 2.20. The third-order valence-electron chi connectivity index (χ3n) is 3.51. The van der Waals surface area contributed by atoms with Gasteiger partial charge in [0.05, 0.1) is 26.9 Å². The summed E-state index contributed by atoms with van der Waals surface area (Å²) in [6, 6.07) is 7.38. The molecule has 0 atom stereocenters. The minimum absolute atomic E-state index is 0.0600. The highest BCUT2D eigenvalue weighted by Gasteiger charge is 2.11. The van der Waals surface area contributed by atoms with Gasteiger partial charge in [-0.15, -0.1) is 0 Å². The predicted molar refractivity (Wildman–Crippen MR) is 83.4 cm³/mol. The maximum Gasteiger partial charge on any atom is 0.221 e. The molecule has 1 aliphatic rings. The second-order valence-electron chi connectivity index (χ2n) is 5.08. The van der Waals surface area contributed by atoms with Crippen LogP contribution in [0.5, 0.6) is 11.5 Å². The molecule has 1 aliphatic heterocycles. The van der Waals surface area contributed by atoms with E-state index in [4.69, 9.17) is 14.2 Å². The van der Waals surface area contributed by atoms with Crippen molar-refractivity contribution in [1.29, 1.82) is 0 Å². The van der Waals surface area contributed by atoms with E-state index in [2.05, 4.69) is 10.2 Å². The van der Waals surface area contributed by atoms with Crippen LogP contribution < -0.4 is 14.8 Å². The first kappa shape index (κ1) is 16.6. The fraction of sp³-hybridized carbons (Fsp3) is 0.562. The topological polar surface area (TPSA) is 60.0 Å². The number of morpholine rings is 1. The van der Waals surface area contributed by atoms with Crippen LogP contribution in [0.15, 0.2) is 24.3 Å². The second-order valence-corrected chi connectivity index (χ2v) is 5.08. The van der Waals surface area contributed by atoms with Crippen molar-refractivity contribution in [3.05, 3.63) is 24.3 Å². The van der Waals surface area contributed by atoms with Crippen molar-refractivity contribution in [2.45, 2.75) is 6.42 Å². The molecule has 6 nitrogen and oxygen atoms in total. The second kappa shape index (κ2) is 9.27. The van der Waals surface area contributed by atoms with E-state index in [-0.39, 0.29) is 5.91 Å². The van der Waals surface area contributed by atoms with Gasteiger partial charge in [-0.1, -0.05) is 0 Å². The Morgan fingerprint density at radius 2 is 1.91 bits per heavy atom. The first-order valence-electron chi connectivity index (χ1n) is 7.61. The quantitative estimate of drug-likeness (QED) is 0.724. The summed E-state index contributed by atoms with van der Waals surface area (Å²) < 4.78 is 15.9. The molecule has 1 amide bonds. The maximum absolute atomic E-state index is 11.7. The van der Waals surface area contributed by atoms with Crippen LogP contribution in [-0.4, -0.2) is 63.9 Å². The van der Waals surface area contributed by atoms with E-state index in [9.17, 15) is 4.79 Å². The summed E-state index contributed by atoms with van der Waals surface area (Å²) in [5, 5.41) is 2.87. The minimum atomic E-state index is 0.0600. The van der Waals surface area contributed by atoms with Crippen LogP contribution in [0.2, 0.25) is 0 Å². The zero-order valence-electron chi connectivity index (χ0n) is 13.0. The average molecular weight is 308 g/mol. The zero-order valence-corrected chi connectivity index (χ0v) is 13.0. The summed E-state index contributed by atoms with van der Waals surface area (Å²) in [5.74, 6) is 1.62. The van der Waals surface area contributed by atoms with Gasteiger partial charge in [0.1, 0.15) is 18.1 Å². The molecular weight excluding hydrogens is 284 g/mol. The van der Waals surface area contributed by atoms with Gasteiger partial charge in [-0.25, -0.2) is 0 Å². The Labute approximate surface area is 131 Å². The number of nitrogens with one attached hydrogen (secondary N) is 1. The molecular formula is C16H24N2O4. The van der Waals surface area contributed by atoms with E-state index in [1.165, 1.54) is 0 Å². The fourth-order valence-electron chi connectivity index (χ4n) is 2.20. The number of nitrogens with zero attached hydrogens (tertiary/aromatic N) is 1. The van der Waals surface area contributed by atoms with Crippen LogP contribution in [0, 0.1) is 0 Å². The van der Waals surface area contributed by atoms with E-state index in [0.29, 0.717) is 19.6 Å². The van der Waals surface area contributed by atoms with Gasteiger partial charge in [-0.05, 0) is 24.3 Å². The van der Waals surface area contributed by atoms with Crippen LogP contribution >= 0.6 is 0 Å². The molecule has 22 heavy (non-hydrogen) atoms. The van der Waals surface area contributed by atoms with Crippen molar-refractivity contribution in [1.82, 2.24) is 10.2 Å². The SMILES string of the molecule is COc1ccc(OCCNC(=O)CCN2CCOCC2)cc1. The zero-order chi connectivity index (χ0) is 15.6. The number of hydrogen-bond donors (Lipinski definition) is 1. The number of rotatable bonds is 8. The van der Waals surface area contributed by atoms with Gasteiger partial charge in [0.25, 0.3) is 0 Å². The molecule has 1 N–H and O–H groups in total. The van der Waals surface area contributed by atoms with E-state index >= 15 is 0 Å². The van der Waals surface area contributed by atoms with Crippen LogP contribution in [0.1, 0.15) is 6.42 Å². The number of amides is 1. The highest BCUT2D eigenvalue weighted by Crippen LogP contribution is 2.16. The molecule has 1 aromatic rings. The Morgan fingerprint density at radius 3 is 2.59 bits per heavy atom. The Morgan fingerprint density at radius 1 is 1.23 bits per heavy atom. The predicted octanol–water partition coefficient (Wildman–Crippen LogP) is 0.913. The minimum Gasteiger partial charge on any atom is -0.497 e. The van der Waals surface area contributed by atoms with Gasteiger partial charge in [0.15, 0.2) is 0 Å². The van der Waals surface area contributed by atoms with Crippen molar-refractivity contribution in [3.63, 3.8) is 0 Å². The van der Waals surface area contributed by atoms with E-state index < -0.39 is 0 Å². The highest BCUT2D eigenvalue weighted by atomic mass is 16.5. The number of carbonyl (C=O) groups excluding carboxylic acids is 1. The lowest BCUT2D eigenvalue weighted by Gasteiger charge is -2.26. The molecule has 6 heteroatoms.